The summed E-state index contributed by atoms with van der Waals surface area (Å²) >= 11 is 3.36. The monoisotopic (exact) mass is 514 g/mol. The third-order valence-corrected chi connectivity index (χ3v) is 8.19. The Balaban J connectivity index is 2.24. The molecule has 0 amide bonds. The third kappa shape index (κ3) is 6.47. The van der Waals surface area contributed by atoms with Gasteiger partial charge in [-0.15, -0.1) is 11.8 Å². The summed E-state index contributed by atoms with van der Waals surface area (Å²) in [6.45, 7) is 9.72. The molecular formula is C27H38N4O2S2. The first-order chi connectivity index (χ1) is 16.9. The minimum Gasteiger partial charge on any atom is -0.492 e. The summed E-state index contributed by atoms with van der Waals surface area (Å²) in [7, 11) is 0. The van der Waals surface area contributed by atoms with Gasteiger partial charge in [0.1, 0.15) is 17.3 Å². The van der Waals surface area contributed by atoms with E-state index in [-0.39, 0.29) is 5.84 Å². The van der Waals surface area contributed by atoms with E-state index in [4.69, 9.17) is 26.4 Å². The Bertz CT molecular complexity index is 1070. The molecule has 0 saturated heterocycles. The van der Waals surface area contributed by atoms with Crippen molar-refractivity contribution in [3.8, 4) is 11.5 Å². The maximum atomic E-state index is 8.61. The zero-order chi connectivity index (χ0) is 25.4. The van der Waals surface area contributed by atoms with Crippen molar-refractivity contribution in [2.75, 3.05) is 18.9 Å². The van der Waals surface area contributed by atoms with Gasteiger partial charge in [-0.05, 0) is 31.4 Å². The van der Waals surface area contributed by atoms with Gasteiger partial charge >= 0.3 is 0 Å². The lowest BCUT2D eigenvalue weighted by atomic mass is 10.1. The first-order valence-corrected chi connectivity index (χ1v) is 14.2. The van der Waals surface area contributed by atoms with Gasteiger partial charge in [0.25, 0.3) is 0 Å². The highest BCUT2D eigenvalue weighted by Crippen LogP contribution is 2.53. The molecule has 1 aliphatic heterocycles. The number of fused-ring (bicyclic) bond motifs is 1. The van der Waals surface area contributed by atoms with E-state index in [9.17, 15) is 0 Å². The zero-order valence-corrected chi connectivity index (χ0v) is 22.9. The molecule has 0 radical (unpaired) electrons. The van der Waals surface area contributed by atoms with E-state index in [1.165, 1.54) is 19.3 Å². The molecule has 0 aromatic heterocycles. The molecule has 1 atom stereocenters. The average molecular weight is 515 g/mol. The van der Waals surface area contributed by atoms with Crippen molar-refractivity contribution in [1.82, 2.24) is 0 Å². The van der Waals surface area contributed by atoms with E-state index in [2.05, 4.69) is 32.7 Å². The molecule has 5 N–H and O–H groups in total. The van der Waals surface area contributed by atoms with Crippen LogP contribution in [0.3, 0.4) is 0 Å². The van der Waals surface area contributed by atoms with Gasteiger partial charge in [-0.1, -0.05) is 70.9 Å². The highest BCUT2D eigenvalue weighted by Gasteiger charge is 2.35. The molecule has 1 aliphatic rings. The number of unbranched alkanes of at least 4 members (excludes halogenated alkanes) is 2. The minimum atomic E-state index is 0.111. The Morgan fingerprint density at radius 1 is 0.914 bits per heavy atom. The van der Waals surface area contributed by atoms with Gasteiger partial charge in [-0.25, -0.2) is 4.99 Å². The number of benzene rings is 2. The largest absolute Gasteiger partial charge is 0.492 e. The van der Waals surface area contributed by atoms with Gasteiger partial charge < -0.3 is 20.9 Å². The molecule has 0 spiro atoms. The topological polar surface area (TPSA) is 107 Å². The van der Waals surface area contributed by atoms with Gasteiger partial charge in [-0.2, -0.15) is 0 Å². The van der Waals surface area contributed by atoms with Crippen molar-refractivity contribution >= 4 is 40.9 Å². The van der Waals surface area contributed by atoms with Crippen molar-refractivity contribution in [3.05, 3.63) is 35.4 Å². The number of rotatable bonds is 14. The van der Waals surface area contributed by atoms with Crippen LogP contribution in [0.4, 0.5) is 5.69 Å². The lowest BCUT2D eigenvalue weighted by Gasteiger charge is -2.24. The van der Waals surface area contributed by atoms with E-state index < -0.39 is 0 Å². The standard InChI is InChI=1S/C27H38N4O2S2/c1-5-8-9-12-17(4)34-24-22(32-15-6-2)20-21(27(30)31-26(20)29)23(33-16-7-3)25(24)35-19-14-11-10-13-18(19)28/h10-11,13-14,17H,5-9,12,15-16,28H2,1-4H3,(H3,29,30,31). The predicted octanol–water partition coefficient (Wildman–Crippen LogP) is 7.10. The van der Waals surface area contributed by atoms with E-state index in [0.29, 0.717) is 52.6 Å². The van der Waals surface area contributed by atoms with Crippen molar-refractivity contribution in [2.24, 2.45) is 10.7 Å². The van der Waals surface area contributed by atoms with E-state index in [0.717, 1.165) is 33.9 Å². The highest BCUT2D eigenvalue weighted by atomic mass is 32.2. The lowest BCUT2D eigenvalue weighted by Crippen LogP contribution is -2.16. The van der Waals surface area contributed by atoms with Crippen LogP contribution in [-0.2, 0) is 0 Å². The van der Waals surface area contributed by atoms with Crippen molar-refractivity contribution < 1.29 is 9.47 Å². The third-order valence-electron chi connectivity index (χ3n) is 5.61. The van der Waals surface area contributed by atoms with Gasteiger partial charge in [-0.3, -0.25) is 5.41 Å². The molecule has 2 aromatic rings. The van der Waals surface area contributed by atoms with Crippen LogP contribution in [0.5, 0.6) is 11.5 Å². The number of thioether (sulfide) groups is 1. The molecule has 0 saturated carbocycles. The van der Waals surface area contributed by atoms with Crippen molar-refractivity contribution in [2.45, 2.75) is 86.2 Å². The number of nitrogen functional groups attached to an aromatic ring is 1. The summed E-state index contributed by atoms with van der Waals surface area (Å²) in [5.74, 6) is 1.78. The summed E-state index contributed by atoms with van der Waals surface area (Å²) in [5, 5.41) is 8.98. The van der Waals surface area contributed by atoms with E-state index >= 15 is 0 Å². The second-order valence-electron chi connectivity index (χ2n) is 8.67. The first-order valence-electron chi connectivity index (χ1n) is 12.5. The molecule has 2 aromatic carbocycles. The van der Waals surface area contributed by atoms with Crippen LogP contribution in [-0.4, -0.2) is 30.1 Å². The van der Waals surface area contributed by atoms with Crippen LogP contribution in [0.2, 0.25) is 0 Å². The molecule has 3 rings (SSSR count). The molecular weight excluding hydrogens is 476 g/mol. The molecule has 190 valence electrons. The number of nitrogens with two attached hydrogens (primary N) is 2. The molecule has 35 heavy (non-hydrogen) atoms. The molecule has 0 bridgehead atoms. The Hall–Kier alpha value is -2.32. The summed E-state index contributed by atoms with van der Waals surface area (Å²) < 4.78 is 12.7. The number of nitrogens with one attached hydrogen (secondary N) is 1. The van der Waals surface area contributed by atoms with Crippen molar-refractivity contribution in [1.29, 1.82) is 5.41 Å². The Kier molecular flexibility index (Phi) is 10.2. The number of anilines is 1. The maximum Gasteiger partial charge on any atom is 0.158 e. The van der Waals surface area contributed by atoms with Gasteiger partial charge in [0, 0.05) is 15.8 Å². The molecule has 6 nitrogen and oxygen atoms in total. The van der Waals surface area contributed by atoms with Crippen LogP contribution in [0.15, 0.2) is 43.9 Å². The summed E-state index contributed by atoms with van der Waals surface area (Å²) in [6.07, 6.45) is 6.41. The SMILES string of the molecule is CCCCCC(C)Sc1c(OCCC)c2c(c(OCCC)c1Sc1ccccc1N)C(=N)N=C2N. The highest BCUT2D eigenvalue weighted by molar-refractivity contribution is 8.02. The number of nitrogens with zero attached hydrogens (tertiary/aromatic N) is 1. The summed E-state index contributed by atoms with van der Waals surface area (Å²) in [5.41, 5.74) is 14.7. The van der Waals surface area contributed by atoms with Gasteiger partial charge in [0.2, 0.25) is 0 Å². The molecule has 1 heterocycles. The second kappa shape index (κ2) is 13.1. The van der Waals surface area contributed by atoms with Crippen molar-refractivity contribution in [3.63, 3.8) is 0 Å². The predicted molar refractivity (Wildman–Crippen MR) is 150 cm³/mol. The van der Waals surface area contributed by atoms with Crippen LogP contribution >= 0.6 is 23.5 Å². The summed E-state index contributed by atoms with van der Waals surface area (Å²) in [4.78, 5) is 7.17. The van der Waals surface area contributed by atoms with Crippen LogP contribution in [0.1, 0.15) is 77.3 Å². The Morgan fingerprint density at radius 2 is 1.57 bits per heavy atom. The second-order valence-corrected chi connectivity index (χ2v) is 11.2. The quantitative estimate of drug-likeness (QED) is 0.141. The van der Waals surface area contributed by atoms with Crippen LogP contribution < -0.4 is 20.9 Å². The molecule has 8 heteroatoms. The van der Waals surface area contributed by atoms with Crippen LogP contribution in [0, 0.1) is 5.41 Å². The smallest absolute Gasteiger partial charge is 0.158 e. The lowest BCUT2D eigenvalue weighted by molar-refractivity contribution is 0.294. The molecule has 0 aliphatic carbocycles. The van der Waals surface area contributed by atoms with E-state index in [1.807, 2.05) is 24.3 Å². The fourth-order valence-corrected chi connectivity index (χ4v) is 6.29. The normalized spacial score (nSPS) is 13.5. The number of ether oxygens (including phenoxy) is 2. The zero-order valence-electron chi connectivity index (χ0n) is 21.3. The Labute approximate surface area is 218 Å². The fraction of sp³-hybridized carbons (Fsp3) is 0.481. The van der Waals surface area contributed by atoms with Crippen LogP contribution in [0.25, 0.3) is 0 Å². The van der Waals surface area contributed by atoms with Gasteiger partial charge in [0.15, 0.2) is 5.84 Å². The van der Waals surface area contributed by atoms with Gasteiger partial charge in [0.05, 0.1) is 34.1 Å². The number of hydrogen-bond donors (Lipinski definition) is 3. The summed E-state index contributed by atoms with van der Waals surface area (Å²) in [6, 6.07) is 7.83. The first kappa shape index (κ1) is 27.3. The fourth-order valence-electron chi connectivity index (χ4n) is 3.87. The molecule has 1 unspecified atom stereocenters. The number of hydrogen-bond acceptors (Lipinski definition) is 7. The average Bonchev–Trinajstić information content (AvgIpc) is 3.13. The minimum absolute atomic E-state index is 0.111. The van der Waals surface area contributed by atoms with E-state index in [1.54, 1.807) is 23.5 Å². The molecule has 0 fully saturated rings. The number of amidine groups is 2. The number of aliphatic imine (C=N–C) groups is 1. The maximum absolute atomic E-state index is 8.61. The number of para-hydroxylation sites is 1. The Morgan fingerprint density at radius 3 is 2.20 bits per heavy atom.